The Hall–Kier alpha value is -8.92. The van der Waals surface area contributed by atoms with Crippen LogP contribution in [-0.2, 0) is 53.3 Å². The second-order valence-corrected chi connectivity index (χ2v) is 14.7. The van der Waals surface area contributed by atoms with Gasteiger partial charge in [0.2, 0.25) is 23.6 Å². The van der Waals surface area contributed by atoms with Crippen LogP contribution in [0.25, 0.3) is 91.1 Å². The first-order valence-electron chi connectivity index (χ1n) is 21.6. The summed E-state index contributed by atoms with van der Waals surface area (Å²) in [6, 6.07) is 55.4. The number of carboxylic acid groups (broad SMARTS) is 4. The van der Waals surface area contributed by atoms with E-state index in [0.717, 1.165) is 95.2 Å². The third-order valence-electron chi connectivity index (χ3n) is 9.01. The van der Waals surface area contributed by atoms with Gasteiger partial charge in [0.1, 0.15) is 0 Å². The first-order valence-corrected chi connectivity index (χ1v) is 21.6. The van der Waals surface area contributed by atoms with Gasteiger partial charge in [-0.25, -0.2) is 19.9 Å². The second-order valence-electron chi connectivity index (χ2n) is 14.7. The number of aromatic nitrogens is 4. The third kappa shape index (κ3) is 19.7. The maximum Gasteiger partial charge on any atom is 2.00 e. The van der Waals surface area contributed by atoms with Gasteiger partial charge in [-0.2, -0.15) is 0 Å². The van der Waals surface area contributed by atoms with Crippen LogP contribution in [0.15, 0.2) is 212 Å². The van der Waals surface area contributed by atoms with Crippen molar-refractivity contribution in [3.63, 3.8) is 0 Å². The maximum absolute atomic E-state index is 8.89. The zero-order valence-corrected chi connectivity index (χ0v) is 41.6. The number of nitrogens with zero attached hydrogens (tertiary/aromatic N) is 4. The standard InChI is InChI=1S/2C24H16N2O2.4C2H4O2.2Cu/c2*1-3-7-17(8-4-1)21-15-25-23(27-21)19-11-13-20(14-12-19)24-26-16-22(28-24)18-9-5-2-6-10-18;4*1-2(3)4;;/h2*1-16H;4*1H3,(H,3,4);;/q;;;;;;2*+2/p-4. The Kier molecular flexibility index (Phi) is 24.7. The van der Waals surface area contributed by atoms with Gasteiger partial charge >= 0.3 is 34.1 Å². The zero-order chi connectivity index (χ0) is 51.8. The molecule has 0 saturated carbocycles. The fourth-order valence-electron chi connectivity index (χ4n) is 6.08. The van der Waals surface area contributed by atoms with Gasteiger partial charge in [-0.1, -0.05) is 121 Å². The summed E-state index contributed by atoms with van der Waals surface area (Å²) >= 11 is 0. The van der Waals surface area contributed by atoms with E-state index < -0.39 is 23.9 Å². The number of benzene rings is 6. The number of hydrogen-bond acceptors (Lipinski definition) is 16. The minimum atomic E-state index is -1.08. The first-order chi connectivity index (χ1) is 34.7. The van der Waals surface area contributed by atoms with Crippen LogP contribution in [0.1, 0.15) is 27.7 Å². The number of carbonyl (C=O) groups excluding carboxylic acids is 4. The average molecular weight is 1090 g/mol. The number of rotatable bonds is 8. The molecule has 16 nitrogen and oxygen atoms in total. The smallest absolute Gasteiger partial charge is 0.550 e. The number of carbonyl (C=O) groups is 4. The molecule has 0 aliphatic rings. The van der Waals surface area contributed by atoms with Crippen LogP contribution in [0.3, 0.4) is 0 Å². The van der Waals surface area contributed by atoms with Gasteiger partial charge in [0.25, 0.3) is 0 Å². The van der Waals surface area contributed by atoms with Crippen molar-refractivity contribution < 1.29 is 91.4 Å². The molecule has 18 heteroatoms. The van der Waals surface area contributed by atoms with Crippen LogP contribution in [0.2, 0.25) is 0 Å². The monoisotopic (exact) mass is 1090 g/mol. The quantitative estimate of drug-likeness (QED) is 0.132. The van der Waals surface area contributed by atoms with Gasteiger partial charge in [-0.05, 0) is 76.2 Å². The minimum Gasteiger partial charge on any atom is -0.550 e. The number of hydrogen-bond donors (Lipinski definition) is 0. The van der Waals surface area contributed by atoms with Crippen molar-refractivity contribution in [2.24, 2.45) is 0 Å². The molecule has 2 radical (unpaired) electrons. The molecule has 4 aromatic heterocycles. The first kappa shape index (κ1) is 59.4. The summed E-state index contributed by atoms with van der Waals surface area (Å²) in [5.41, 5.74) is 7.64. The largest absolute Gasteiger partial charge is 2.00 e. The van der Waals surface area contributed by atoms with E-state index in [9.17, 15) is 0 Å². The van der Waals surface area contributed by atoms with Gasteiger partial charge < -0.3 is 57.3 Å². The van der Waals surface area contributed by atoms with Crippen molar-refractivity contribution in [1.82, 2.24) is 19.9 Å². The van der Waals surface area contributed by atoms with E-state index in [-0.39, 0.29) is 34.1 Å². The van der Waals surface area contributed by atoms with Crippen molar-refractivity contribution in [2.75, 3.05) is 0 Å². The Morgan fingerprint density at radius 3 is 0.581 bits per heavy atom. The van der Waals surface area contributed by atoms with E-state index in [0.29, 0.717) is 23.6 Å². The summed E-state index contributed by atoms with van der Waals surface area (Å²) < 4.78 is 23.7. The Balaban J connectivity index is 0.000000297. The molecule has 382 valence electrons. The predicted molar refractivity (Wildman–Crippen MR) is 259 cm³/mol. The Labute approximate surface area is 446 Å². The van der Waals surface area contributed by atoms with Crippen molar-refractivity contribution in [3.05, 3.63) is 195 Å². The van der Waals surface area contributed by atoms with E-state index in [1.165, 1.54) is 0 Å². The van der Waals surface area contributed by atoms with Crippen LogP contribution < -0.4 is 20.4 Å². The third-order valence-corrected chi connectivity index (χ3v) is 9.01. The van der Waals surface area contributed by atoms with Crippen molar-refractivity contribution in [2.45, 2.75) is 27.7 Å². The average Bonchev–Trinajstić information content (AvgIpc) is 4.24. The summed E-state index contributed by atoms with van der Waals surface area (Å²) in [5.74, 6) is 1.01. The Morgan fingerprint density at radius 2 is 0.432 bits per heavy atom. The van der Waals surface area contributed by atoms with Gasteiger partial charge in [-0.15, -0.1) is 0 Å². The summed E-state index contributed by atoms with van der Waals surface area (Å²) in [6.07, 6.45) is 7.00. The van der Waals surface area contributed by atoms with Crippen LogP contribution in [0.5, 0.6) is 0 Å². The molecule has 0 unspecified atom stereocenters. The molecule has 0 aliphatic heterocycles. The molecule has 0 fully saturated rings. The maximum atomic E-state index is 8.89. The van der Waals surface area contributed by atoms with Gasteiger partial charge in [0.15, 0.2) is 23.0 Å². The van der Waals surface area contributed by atoms with Crippen molar-refractivity contribution >= 4 is 23.9 Å². The number of oxazole rings is 4. The topological polar surface area (TPSA) is 265 Å². The SMILES string of the molecule is CC(=O)[O-].CC(=O)[O-].CC(=O)[O-].CC(=O)[O-].[Cu+2].[Cu+2].c1ccc(-c2cnc(-c3ccc(-c4ncc(-c5ccccc5)o4)cc3)o2)cc1.c1ccc(-c2cnc(-c3ccc(-c4ncc(-c5ccccc5)o4)cc3)o2)cc1. The Bertz CT molecular complexity index is 2780. The van der Waals surface area contributed by atoms with Crippen LogP contribution >= 0.6 is 0 Å². The van der Waals surface area contributed by atoms with Crippen LogP contribution in [-0.4, -0.2) is 43.8 Å². The molecule has 74 heavy (non-hydrogen) atoms. The molecule has 0 aliphatic carbocycles. The number of aliphatic carboxylic acids is 4. The molecule has 0 atom stereocenters. The summed E-state index contributed by atoms with van der Waals surface area (Å²) in [7, 11) is 0. The van der Waals surface area contributed by atoms with E-state index in [1.807, 2.05) is 170 Å². The molecule has 0 bridgehead atoms. The van der Waals surface area contributed by atoms with E-state index >= 15 is 0 Å². The molecule has 0 saturated heterocycles. The minimum absolute atomic E-state index is 0. The normalized spacial score (nSPS) is 9.57. The fraction of sp³-hybridized carbons (Fsp3) is 0.0714. The zero-order valence-electron chi connectivity index (χ0n) is 39.8. The molecular weight excluding hydrogens is 1050 g/mol. The van der Waals surface area contributed by atoms with Crippen LogP contribution in [0.4, 0.5) is 0 Å². The summed E-state index contributed by atoms with van der Waals surface area (Å²) in [4.78, 5) is 53.2. The predicted octanol–water partition coefficient (Wildman–Crippen LogP) is 7.68. The van der Waals surface area contributed by atoms with Gasteiger partial charge in [0.05, 0.1) is 24.8 Å². The molecule has 10 aromatic rings. The molecule has 10 rings (SSSR count). The molecule has 6 aromatic carbocycles. The Morgan fingerprint density at radius 1 is 0.284 bits per heavy atom. The molecule has 4 heterocycles. The number of carboxylic acids is 4. The van der Waals surface area contributed by atoms with E-state index in [4.69, 9.17) is 57.3 Å². The van der Waals surface area contributed by atoms with E-state index in [2.05, 4.69) is 19.9 Å². The van der Waals surface area contributed by atoms with Gasteiger partial charge in [0, 0.05) is 68.4 Å². The molecule has 0 N–H and O–H groups in total. The fourth-order valence-corrected chi connectivity index (χ4v) is 6.08. The van der Waals surface area contributed by atoms with Crippen LogP contribution in [0, 0.1) is 0 Å². The van der Waals surface area contributed by atoms with Gasteiger partial charge in [-0.3, -0.25) is 0 Å². The summed E-state index contributed by atoms with van der Waals surface area (Å²) in [6.45, 7) is 3.89. The molecular formula is C56H44Cu2N4O12. The van der Waals surface area contributed by atoms with Crippen molar-refractivity contribution in [1.29, 1.82) is 0 Å². The molecule has 0 amide bonds. The van der Waals surface area contributed by atoms with Crippen molar-refractivity contribution in [3.8, 4) is 91.1 Å². The molecule has 0 spiro atoms. The summed E-state index contributed by atoms with van der Waals surface area (Å²) in [5, 5.41) is 35.6. The second kappa shape index (κ2) is 30.7. The van der Waals surface area contributed by atoms with E-state index in [1.54, 1.807) is 24.8 Å².